The Kier molecular flexibility index (Phi) is 6.61. The summed E-state index contributed by atoms with van der Waals surface area (Å²) in [6.07, 6.45) is 2.64. The second-order valence-corrected chi connectivity index (χ2v) is 8.73. The number of carbonyl (C=O) groups excluding carboxylic acids is 1. The van der Waals surface area contributed by atoms with E-state index in [1.165, 1.54) is 11.1 Å². The van der Waals surface area contributed by atoms with E-state index < -0.39 is 0 Å². The number of hydrazone groups is 1. The maximum absolute atomic E-state index is 13.1. The summed E-state index contributed by atoms with van der Waals surface area (Å²) in [5.41, 5.74) is 3.76. The summed E-state index contributed by atoms with van der Waals surface area (Å²) in [5.74, 6) is 0.0775. The third kappa shape index (κ3) is 4.90. The Bertz CT molecular complexity index is 1020. The molecule has 5 nitrogen and oxygen atoms in total. The number of piperazine rings is 1. The van der Waals surface area contributed by atoms with Gasteiger partial charge < -0.3 is 0 Å². The molecule has 0 aliphatic carbocycles. The molecule has 0 radical (unpaired) electrons. The van der Waals surface area contributed by atoms with Gasteiger partial charge in [-0.05, 0) is 16.7 Å². The van der Waals surface area contributed by atoms with Gasteiger partial charge in [-0.3, -0.25) is 14.6 Å². The zero-order valence-electron chi connectivity index (χ0n) is 18.8. The minimum atomic E-state index is 0.0144. The zero-order valence-corrected chi connectivity index (χ0v) is 18.8. The molecule has 3 aromatic carbocycles. The fourth-order valence-corrected chi connectivity index (χ4v) is 4.93. The smallest absolute Gasteiger partial charge is 0.257 e. The summed E-state index contributed by atoms with van der Waals surface area (Å²) in [6, 6.07) is 31.9. The van der Waals surface area contributed by atoms with E-state index in [2.05, 4.69) is 87.7 Å². The fraction of sp³-hybridized carbons (Fsp3) is 0.286. The summed E-state index contributed by atoms with van der Waals surface area (Å²) in [5, 5.41) is 6.08. The molecule has 2 aliphatic rings. The lowest BCUT2D eigenvalue weighted by molar-refractivity contribution is -0.134. The quantitative estimate of drug-likeness (QED) is 0.574. The van der Waals surface area contributed by atoms with Crippen LogP contribution in [0.4, 0.5) is 0 Å². The minimum absolute atomic E-state index is 0.0144. The number of hydrogen-bond acceptors (Lipinski definition) is 4. The molecule has 0 spiro atoms. The molecular formula is C28H30N4O. The van der Waals surface area contributed by atoms with Crippen molar-refractivity contribution in [1.82, 2.24) is 14.8 Å². The van der Waals surface area contributed by atoms with E-state index >= 15 is 0 Å². The molecule has 2 heterocycles. The van der Waals surface area contributed by atoms with Crippen LogP contribution in [0.5, 0.6) is 0 Å². The SMILES string of the molecule is O=C(CN1CCN(C(c2ccccc2)c2ccccc2)CC1)N1N=CC[C@H]1c1ccccc1. The number of nitrogens with zero attached hydrogens (tertiary/aromatic N) is 4. The molecule has 0 aromatic heterocycles. The highest BCUT2D eigenvalue weighted by atomic mass is 16.2. The van der Waals surface area contributed by atoms with Crippen LogP contribution in [0, 0.1) is 0 Å². The van der Waals surface area contributed by atoms with Crippen LogP contribution in [0.25, 0.3) is 0 Å². The van der Waals surface area contributed by atoms with Gasteiger partial charge in [0.25, 0.3) is 5.91 Å². The first kappa shape index (κ1) is 21.6. The second kappa shape index (κ2) is 10.1. The highest BCUT2D eigenvalue weighted by molar-refractivity contribution is 5.81. The second-order valence-electron chi connectivity index (χ2n) is 8.73. The molecule has 5 rings (SSSR count). The van der Waals surface area contributed by atoms with Crippen LogP contribution in [0.15, 0.2) is 96.1 Å². The molecule has 0 saturated carbocycles. The van der Waals surface area contributed by atoms with Crippen LogP contribution < -0.4 is 0 Å². The predicted molar refractivity (Wildman–Crippen MR) is 132 cm³/mol. The lowest BCUT2D eigenvalue weighted by Gasteiger charge is -2.40. The van der Waals surface area contributed by atoms with Crippen molar-refractivity contribution >= 4 is 12.1 Å². The number of amides is 1. The Labute approximate surface area is 195 Å². The highest BCUT2D eigenvalue weighted by Crippen LogP contribution is 2.30. The van der Waals surface area contributed by atoms with Crippen molar-refractivity contribution in [3.63, 3.8) is 0 Å². The van der Waals surface area contributed by atoms with Gasteiger partial charge in [0, 0.05) is 38.8 Å². The number of hydrogen-bond donors (Lipinski definition) is 0. The molecule has 0 N–H and O–H groups in total. The monoisotopic (exact) mass is 438 g/mol. The van der Waals surface area contributed by atoms with Gasteiger partial charge >= 0.3 is 0 Å². The van der Waals surface area contributed by atoms with Gasteiger partial charge in [-0.25, -0.2) is 5.01 Å². The fourth-order valence-electron chi connectivity index (χ4n) is 4.93. The summed E-state index contributed by atoms with van der Waals surface area (Å²) in [6.45, 7) is 4.00. The van der Waals surface area contributed by atoms with E-state index in [1.54, 1.807) is 5.01 Å². The van der Waals surface area contributed by atoms with Gasteiger partial charge in [-0.15, -0.1) is 0 Å². The van der Waals surface area contributed by atoms with Crippen molar-refractivity contribution in [1.29, 1.82) is 0 Å². The summed E-state index contributed by atoms with van der Waals surface area (Å²) >= 11 is 0. The molecule has 1 amide bonds. The van der Waals surface area contributed by atoms with Gasteiger partial charge in [0.2, 0.25) is 0 Å². The molecule has 2 aliphatic heterocycles. The minimum Gasteiger partial charge on any atom is -0.292 e. The van der Waals surface area contributed by atoms with Crippen LogP contribution in [-0.2, 0) is 4.79 Å². The predicted octanol–water partition coefficient (Wildman–Crippen LogP) is 4.35. The first-order valence-corrected chi connectivity index (χ1v) is 11.8. The normalized spacial score (nSPS) is 19.3. The van der Waals surface area contributed by atoms with Crippen molar-refractivity contribution in [2.75, 3.05) is 32.7 Å². The average molecular weight is 439 g/mol. The molecule has 1 saturated heterocycles. The highest BCUT2D eigenvalue weighted by Gasteiger charge is 2.31. The van der Waals surface area contributed by atoms with E-state index in [0.29, 0.717) is 6.54 Å². The van der Waals surface area contributed by atoms with Crippen molar-refractivity contribution in [2.45, 2.75) is 18.5 Å². The standard InChI is InChI=1S/C28H30N4O/c33-27(32-26(16-17-29-32)23-10-4-1-5-11-23)22-30-18-20-31(21-19-30)28(24-12-6-2-7-13-24)25-14-8-3-9-15-25/h1-15,17,26,28H,16,18-22H2/t26-/m0/s1. The van der Waals surface area contributed by atoms with E-state index in [1.807, 2.05) is 24.4 Å². The van der Waals surface area contributed by atoms with Crippen molar-refractivity contribution in [2.24, 2.45) is 5.10 Å². The van der Waals surface area contributed by atoms with Gasteiger partial charge in [0.15, 0.2) is 0 Å². The van der Waals surface area contributed by atoms with Crippen molar-refractivity contribution in [3.8, 4) is 0 Å². The largest absolute Gasteiger partial charge is 0.292 e. The van der Waals surface area contributed by atoms with Crippen LogP contribution >= 0.6 is 0 Å². The molecule has 5 heteroatoms. The van der Waals surface area contributed by atoms with Crippen LogP contribution in [-0.4, -0.2) is 59.7 Å². The molecule has 33 heavy (non-hydrogen) atoms. The molecular weight excluding hydrogens is 408 g/mol. The van der Waals surface area contributed by atoms with Gasteiger partial charge in [0.1, 0.15) is 0 Å². The number of benzene rings is 3. The first-order chi connectivity index (χ1) is 16.3. The van der Waals surface area contributed by atoms with Gasteiger partial charge in [-0.2, -0.15) is 5.10 Å². The van der Waals surface area contributed by atoms with Crippen LogP contribution in [0.2, 0.25) is 0 Å². The van der Waals surface area contributed by atoms with E-state index in [4.69, 9.17) is 0 Å². The van der Waals surface area contributed by atoms with E-state index in [0.717, 1.165) is 38.2 Å². The van der Waals surface area contributed by atoms with Gasteiger partial charge in [0.05, 0.1) is 18.6 Å². The first-order valence-electron chi connectivity index (χ1n) is 11.8. The average Bonchev–Trinajstić information content (AvgIpc) is 3.38. The Morgan fingerprint density at radius 2 is 1.33 bits per heavy atom. The summed E-state index contributed by atoms with van der Waals surface area (Å²) in [4.78, 5) is 17.9. The molecule has 1 fully saturated rings. The Hall–Kier alpha value is -3.28. The topological polar surface area (TPSA) is 39.2 Å². The van der Waals surface area contributed by atoms with Gasteiger partial charge in [-0.1, -0.05) is 91.0 Å². The Balaban J connectivity index is 1.23. The lowest BCUT2D eigenvalue weighted by atomic mass is 9.96. The van der Waals surface area contributed by atoms with E-state index in [9.17, 15) is 4.79 Å². The molecule has 0 unspecified atom stereocenters. The summed E-state index contributed by atoms with van der Waals surface area (Å²) in [7, 11) is 0. The maximum atomic E-state index is 13.1. The number of rotatable bonds is 6. The molecule has 168 valence electrons. The maximum Gasteiger partial charge on any atom is 0.257 e. The Morgan fingerprint density at radius 3 is 1.91 bits per heavy atom. The third-order valence-corrected chi connectivity index (χ3v) is 6.63. The molecule has 0 bridgehead atoms. The molecule has 1 atom stereocenters. The van der Waals surface area contributed by atoms with Crippen molar-refractivity contribution < 1.29 is 4.79 Å². The van der Waals surface area contributed by atoms with Crippen LogP contribution in [0.1, 0.15) is 35.2 Å². The Morgan fingerprint density at radius 1 is 0.788 bits per heavy atom. The van der Waals surface area contributed by atoms with Crippen LogP contribution in [0.3, 0.4) is 0 Å². The third-order valence-electron chi connectivity index (χ3n) is 6.63. The van der Waals surface area contributed by atoms with Crippen molar-refractivity contribution in [3.05, 3.63) is 108 Å². The molecule has 3 aromatic rings. The van der Waals surface area contributed by atoms with E-state index in [-0.39, 0.29) is 18.0 Å². The number of carbonyl (C=O) groups is 1. The lowest BCUT2D eigenvalue weighted by Crippen LogP contribution is -2.50. The summed E-state index contributed by atoms with van der Waals surface area (Å²) < 4.78 is 0. The zero-order chi connectivity index (χ0) is 22.5.